The number of nitrogens with zero attached hydrogens (tertiary/aromatic N) is 1. The van der Waals surface area contributed by atoms with E-state index < -0.39 is 8.07 Å². The molecule has 0 saturated heterocycles. The Hall–Kier alpha value is -0.763. The van der Waals surface area contributed by atoms with Gasteiger partial charge in [-0.15, -0.1) is 0 Å². The molecule has 72 valence electrons. The highest BCUT2D eigenvalue weighted by Gasteiger charge is 2.16. The van der Waals surface area contributed by atoms with Gasteiger partial charge in [0.05, 0.1) is 0 Å². The van der Waals surface area contributed by atoms with Gasteiger partial charge in [-0.3, -0.25) is 0 Å². The number of allylic oxidation sites excluding steroid dienone is 1. The lowest BCUT2D eigenvalue weighted by molar-refractivity contribution is 0.908. The maximum absolute atomic E-state index is 4.16. The summed E-state index contributed by atoms with van der Waals surface area (Å²) in [6.07, 6.45) is 2.07. The summed E-state index contributed by atoms with van der Waals surface area (Å²) in [6, 6.07) is 5.40. The summed E-state index contributed by atoms with van der Waals surface area (Å²) in [7, 11) is 1.06. The molecule has 0 aliphatic carbocycles. The molecule has 1 nitrogen and oxygen atoms in total. The second-order valence-corrected chi connectivity index (χ2v) is 10.3. The number of hydrogen-bond donors (Lipinski definition) is 0. The Balaban J connectivity index is 2.76. The van der Waals surface area contributed by atoms with Gasteiger partial charge in [-0.1, -0.05) is 26.2 Å². The average Bonchev–Trinajstić information content (AvgIpc) is 2.30. The molecule has 0 aromatic carbocycles. The monoisotopic (exact) mass is 193 g/mol. The zero-order valence-electron chi connectivity index (χ0n) is 9.09. The van der Waals surface area contributed by atoms with Gasteiger partial charge in [-0.25, -0.2) is 0 Å². The number of hydrogen-bond acceptors (Lipinski definition) is 0. The van der Waals surface area contributed by atoms with E-state index in [9.17, 15) is 0 Å². The van der Waals surface area contributed by atoms with Crippen LogP contribution in [0.2, 0.25) is 25.7 Å². The van der Waals surface area contributed by atoms with Crippen molar-refractivity contribution in [2.45, 2.75) is 25.7 Å². The third-order valence-corrected chi connectivity index (χ3v) is 3.54. The number of aryl methyl sites for hydroxylation is 1. The van der Waals surface area contributed by atoms with Gasteiger partial charge in [0.25, 0.3) is 0 Å². The molecule has 0 aliphatic heterocycles. The molecule has 0 spiro atoms. The molecule has 0 unspecified atom stereocenters. The Kier molecular flexibility index (Phi) is 2.81. The minimum atomic E-state index is -1.01. The van der Waals surface area contributed by atoms with Crippen molar-refractivity contribution in [2.24, 2.45) is 7.05 Å². The molecule has 1 heterocycles. The molecular weight excluding hydrogens is 174 g/mol. The zero-order chi connectivity index (χ0) is 10.1. The van der Waals surface area contributed by atoms with Gasteiger partial charge in [-0.05, 0) is 23.7 Å². The number of rotatable bonds is 3. The van der Waals surface area contributed by atoms with Gasteiger partial charge in [-0.2, -0.15) is 0 Å². The Labute approximate surface area is 82.1 Å². The van der Waals surface area contributed by atoms with Crippen LogP contribution in [0, 0.1) is 0 Å². The fourth-order valence-corrected chi connectivity index (χ4v) is 3.02. The topological polar surface area (TPSA) is 4.93 Å². The molecule has 0 amide bonds. The summed E-state index contributed by atoms with van der Waals surface area (Å²) in [4.78, 5) is 0. The maximum Gasteiger partial charge on any atom is 0.0487 e. The normalized spacial score (nSPS) is 11.7. The fraction of sp³-hybridized carbons (Fsp3) is 0.455. The molecule has 0 atom stereocenters. The van der Waals surface area contributed by atoms with Crippen molar-refractivity contribution in [2.75, 3.05) is 0 Å². The molecule has 0 saturated carbocycles. The third-order valence-electron chi connectivity index (χ3n) is 2.05. The predicted octanol–water partition coefficient (Wildman–Crippen LogP) is 3.38. The maximum atomic E-state index is 4.16. The molecule has 1 aromatic heterocycles. The molecule has 2 heteroatoms. The largest absolute Gasteiger partial charge is 0.351 e. The van der Waals surface area contributed by atoms with E-state index >= 15 is 0 Å². The lowest BCUT2D eigenvalue weighted by atomic mass is 10.2. The highest BCUT2D eigenvalue weighted by molar-refractivity contribution is 6.77. The first-order valence-electron chi connectivity index (χ1n) is 4.70. The van der Waals surface area contributed by atoms with Crippen LogP contribution in [0.3, 0.4) is 0 Å². The summed E-state index contributed by atoms with van der Waals surface area (Å²) >= 11 is 0. The molecule has 0 aliphatic rings. The van der Waals surface area contributed by atoms with Crippen LogP contribution in [0.15, 0.2) is 24.9 Å². The van der Waals surface area contributed by atoms with Gasteiger partial charge in [0.15, 0.2) is 0 Å². The Morgan fingerprint density at radius 1 is 1.46 bits per heavy atom. The summed E-state index contributed by atoms with van der Waals surface area (Å²) in [5.74, 6) is 0. The van der Waals surface area contributed by atoms with Crippen LogP contribution >= 0.6 is 0 Å². The smallest absolute Gasteiger partial charge is 0.0487 e. The minimum absolute atomic E-state index is 1.01. The predicted molar refractivity (Wildman–Crippen MR) is 62.6 cm³/mol. The van der Waals surface area contributed by atoms with E-state index in [0.717, 1.165) is 0 Å². The Bertz CT molecular complexity index is 304. The fourth-order valence-electron chi connectivity index (χ4n) is 1.56. The quantitative estimate of drug-likeness (QED) is 0.649. The SMILES string of the molecule is C=C(C[Si](C)(C)C)c1cccn1C. The molecule has 0 N–H and O–H groups in total. The molecule has 13 heavy (non-hydrogen) atoms. The van der Waals surface area contributed by atoms with Gasteiger partial charge in [0, 0.05) is 27.0 Å². The van der Waals surface area contributed by atoms with Crippen molar-refractivity contribution >= 4 is 13.6 Å². The Morgan fingerprint density at radius 3 is 2.46 bits per heavy atom. The van der Waals surface area contributed by atoms with Crippen molar-refractivity contribution < 1.29 is 0 Å². The van der Waals surface area contributed by atoms with Crippen molar-refractivity contribution in [1.29, 1.82) is 0 Å². The van der Waals surface area contributed by atoms with Crippen molar-refractivity contribution in [3.05, 3.63) is 30.6 Å². The van der Waals surface area contributed by atoms with E-state index in [-0.39, 0.29) is 0 Å². The first kappa shape index (κ1) is 10.3. The van der Waals surface area contributed by atoms with Crippen molar-refractivity contribution in [3.8, 4) is 0 Å². The zero-order valence-corrected chi connectivity index (χ0v) is 10.1. The number of aromatic nitrogens is 1. The van der Waals surface area contributed by atoms with Gasteiger partial charge in [0.2, 0.25) is 0 Å². The second-order valence-electron chi connectivity index (χ2n) is 4.85. The van der Waals surface area contributed by atoms with E-state index in [0.29, 0.717) is 0 Å². The highest BCUT2D eigenvalue weighted by Crippen LogP contribution is 2.23. The van der Waals surface area contributed by atoms with E-state index in [2.05, 4.69) is 56.2 Å². The van der Waals surface area contributed by atoms with Gasteiger partial charge >= 0.3 is 0 Å². The van der Waals surface area contributed by atoms with E-state index in [4.69, 9.17) is 0 Å². The molecule has 1 aromatic rings. The van der Waals surface area contributed by atoms with Crippen LogP contribution < -0.4 is 0 Å². The van der Waals surface area contributed by atoms with E-state index in [1.165, 1.54) is 17.3 Å². The summed E-state index contributed by atoms with van der Waals surface area (Å²) in [5, 5.41) is 0. The van der Waals surface area contributed by atoms with Crippen LogP contribution in [0.4, 0.5) is 0 Å². The lowest BCUT2D eigenvalue weighted by Gasteiger charge is -2.17. The molecule has 0 fully saturated rings. The summed E-state index contributed by atoms with van der Waals surface area (Å²) in [6.45, 7) is 11.3. The standard InChI is InChI=1S/C11H19NSi/c1-10(9-13(3,4)5)11-7-6-8-12(11)2/h6-8H,1,9H2,2-5H3. The van der Waals surface area contributed by atoms with Crippen LogP contribution in [0.5, 0.6) is 0 Å². The molecule has 0 radical (unpaired) electrons. The van der Waals surface area contributed by atoms with E-state index in [1.807, 2.05) is 0 Å². The van der Waals surface area contributed by atoms with Crippen LogP contribution in [0.1, 0.15) is 5.69 Å². The van der Waals surface area contributed by atoms with Crippen LogP contribution in [0.25, 0.3) is 5.57 Å². The molecule has 0 bridgehead atoms. The first-order chi connectivity index (χ1) is 5.90. The molecular formula is C11H19NSi. The second kappa shape index (κ2) is 3.54. The average molecular weight is 193 g/mol. The molecule has 1 rings (SSSR count). The van der Waals surface area contributed by atoms with E-state index in [1.54, 1.807) is 0 Å². The van der Waals surface area contributed by atoms with Crippen LogP contribution in [-0.4, -0.2) is 12.6 Å². The lowest BCUT2D eigenvalue weighted by Crippen LogP contribution is -2.19. The van der Waals surface area contributed by atoms with Crippen molar-refractivity contribution in [3.63, 3.8) is 0 Å². The minimum Gasteiger partial charge on any atom is -0.351 e. The van der Waals surface area contributed by atoms with Crippen LogP contribution in [-0.2, 0) is 7.05 Å². The third kappa shape index (κ3) is 2.88. The highest BCUT2D eigenvalue weighted by atomic mass is 28.3. The summed E-state index contributed by atoms with van der Waals surface area (Å²) < 4.78 is 2.14. The van der Waals surface area contributed by atoms with Gasteiger partial charge < -0.3 is 4.57 Å². The van der Waals surface area contributed by atoms with Gasteiger partial charge in [0.1, 0.15) is 0 Å². The first-order valence-corrected chi connectivity index (χ1v) is 8.40. The Morgan fingerprint density at radius 2 is 2.08 bits per heavy atom. The van der Waals surface area contributed by atoms with Crippen molar-refractivity contribution in [1.82, 2.24) is 4.57 Å². The summed E-state index contributed by atoms with van der Waals surface area (Å²) in [5.41, 5.74) is 2.56.